The van der Waals surface area contributed by atoms with Crippen LogP contribution in [0.4, 0.5) is 0 Å². The van der Waals surface area contributed by atoms with E-state index in [4.69, 9.17) is 0 Å². The third-order valence-electron chi connectivity index (χ3n) is 2.80. The molecule has 0 aliphatic rings. The molecule has 0 spiro atoms. The molecular weight excluding hydrogens is 196 g/mol. The van der Waals surface area contributed by atoms with Crippen molar-refractivity contribution in [1.29, 1.82) is 0 Å². The third kappa shape index (κ3) is 2.02. The molecule has 0 saturated carbocycles. The smallest absolute Gasteiger partial charge is 0.0486 e. The molecule has 2 heteroatoms. The number of aromatic nitrogens is 1. The average Bonchev–Trinajstić information content (AvgIpc) is 2.71. The van der Waals surface area contributed by atoms with Gasteiger partial charge in [-0.2, -0.15) is 0 Å². The lowest BCUT2D eigenvalue weighted by atomic mass is 10.1. The van der Waals surface area contributed by atoms with Crippen molar-refractivity contribution in [3.63, 3.8) is 0 Å². The van der Waals surface area contributed by atoms with Crippen molar-refractivity contribution in [2.24, 2.45) is 0 Å². The van der Waals surface area contributed by atoms with E-state index >= 15 is 0 Å². The number of fused-ring (bicyclic) bond motifs is 1. The second-order valence-corrected chi connectivity index (χ2v) is 3.89. The van der Waals surface area contributed by atoms with Gasteiger partial charge in [-0.25, -0.2) is 0 Å². The van der Waals surface area contributed by atoms with E-state index in [0.29, 0.717) is 0 Å². The first kappa shape index (κ1) is 11.0. The molecule has 1 aromatic carbocycles. The molecule has 1 heterocycles. The molecule has 0 unspecified atom stereocenters. The number of hydrogen-bond acceptors (Lipinski definition) is 1. The molecule has 1 N–H and O–H groups in total. The van der Waals surface area contributed by atoms with Gasteiger partial charge in [-0.15, -0.1) is 6.58 Å². The van der Waals surface area contributed by atoms with Crippen molar-refractivity contribution in [3.8, 4) is 0 Å². The number of allylic oxidation sites excluding steroid dienone is 1. The molecule has 2 nitrogen and oxygen atoms in total. The number of rotatable bonds is 5. The summed E-state index contributed by atoms with van der Waals surface area (Å²) < 4.78 is 2.22. The highest BCUT2D eigenvalue weighted by Crippen LogP contribution is 2.20. The monoisotopic (exact) mass is 214 g/mol. The number of nitrogens with one attached hydrogen (secondary N) is 1. The normalized spacial score (nSPS) is 10.8. The van der Waals surface area contributed by atoms with E-state index in [0.717, 1.165) is 19.6 Å². The number of benzene rings is 1. The lowest BCUT2D eigenvalue weighted by molar-refractivity contribution is 0.730. The van der Waals surface area contributed by atoms with E-state index < -0.39 is 0 Å². The zero-order valence-electron chi connectivity index (χ0n) is 9.74. The van der Waals surface area contributed by atoms with Gasteiger partial charge >= 0.3 is 0 Å². The molecule has 2 aromatic rings. The summed E-state index contributed by atoms with van der Waals surface area (Å²) in [6.07, 6.45) is 4.05. The van der Waals surface area contributed by atoms with Crippen LogP contribution in [0, 0.1) is 0 Å². The highest BCUT2D eigenvalue weighted by molar-refractivity contribution is 5.83. The van der Waals surface area contributed by atoms with Crippen LogP contribution in [0.1, 0.15) is 12.5 Å². The Hall–Kier alpha value is -1.54. The van der Waals surface area contributed by atoms with Crippen LogP contribution in [-0.4, -0.2) is 11.1 Å². The maximum absolute atomic E-state index is 3.78. The largest absolute Gasteiger partial charge is 0.344 e. The van der Waals surface area contributed by atoms with Gasteiger partial charge in [0.25, 0.3) is 0 Å². The molecular formula is C14H18N2. The molecule has 84 valence electrons. The van der Waals surface area contributed by atoms with Crippen molar-refractivity contribution in [1.82, 2.24) is 9.88 Å². The molecule has 0 atom stereocenters. The van der Waals surface area contributed by atoms with Gasteiger partial charge in [-0.1, -0.05) is 25.1 Å². The third-order valence-corrected chi connectivity index (χ3v) is 2.80. The Morgan fingerprint density at radius 3 is 3.00 bits per heavy atom. The second kappa shape index (κ2) is 4.99. The van der Waals surface area contributed by atoms with Gasteiger partial charge in [-0.05, 0) is 24.2 Å². The Morgan fingerprint density at radius 2 is 2.25 bits per heavy atom. The van der Waals surface area contributed by atoms with E-state index in [-0.39, 0.29) is 0 Å². The molecule has 1 aromatic heterocycles. The van der Waals surface area contributed by atoms with E-state index in [1.165, 1.54) is 16.5 Å². The van der Waals surface area contributed by atoms with Crippen LogP contribution in [0.2, 0.25) is 0 Å². The van der Waals surface area contributed by atoms with Gasteiger partial charge in [0.05, 0.1) is 0 Å². The van der Waals surface area contributed by atoms with Gasteiger partial charge in [-0.3, -0.25) is 0 Å². The second-order valence-electron chi connectivity index (χ2n) is 3.89. The lowest BCUT2D eigenvalue weighted by Crippen LogP contribution is -2.11. The quantitative estimate of drug-likeness (QED) is 0.757. The summed E-state index contributed by atoms with van der Waals surface area (Å²) >= 11 is 0. The fourth-order valence-electron chi connectivity index (χ4n) is 2.00. The lowest BCUT2D eigenvalue weighted by Gasteiger charge is -2.05. The van der Waals surface area contributed by atoms with E-state index in [9.17, 15) is 0 Å². The topological polar surface area (TPSA) is 17.0 Å². The van der Waals surface area contributed by atoms with Crippen LogP contribution in [0.5, 0.6) is 0 Å². The maximum atomic E-state index is 3.78. The Morgan fingerprint density at radius 1 is 1.38 bits per heavy atom. The average molecular weight is 214 g/mol. The molecule has 0 aliphatic heterocycles. The van der Waals surface area contributed by atoms with Gasteiger partial charge in [0.1, 0.15) is 0 Å². The minimum atomic E-state index is 0.869. The highest BCUT2D eigenvalue weighted by atomic mass is 14.9. The van der Waals surface area contributed by atoms with Gasteiger partial charge in [0, 0.05) is 30.2 Å². The standard InChI is InChI=1S/C14H18N2/c1-3-9-16-10-8-13-12(11-15-4-2)6-5-7-14(13)16/h3,5-8,10,15H,1,4,9,11H2,2H3. The summed E-state index contributed by atoms with van der Waals surface area (Å²) in [4.78, 5) is 0. The molecule has 0 aliphatic carbocycles. The van der Waals surface area contributed by atoms with Crippen LogP contribution in [0.25, 0.3) is 10.9 Å². The minimum Gasteiger partial charge on any atom is -0.344 e. The van der Waals surface area contributed by atoms with E-state index in [1.54, 1.807) is 0 Å². The highest BCUT2D eigenvalue weighted by Gasteiger charge is 2.03. The van der Waals surface area contributed by atoms with Crippen LogP contribution in [0.3, 0.4) is 0 Å². The van der Waals surface area contributed by atoms with E-state index in [2.05, 4.69) is 53.8 Å². The van der Waals surface area contributed by atoms with Crippen LogP contribution < -0.4 is 5.32 Å². The minimum absolute atomic E-state index is 0.869. The Bertz CT molecular complexity index is 482. The summed E-state index contributed by atoms with van der Waals surface area (Å²) in [6.45, 7) is 8.72. The zero-order chi connectivity index (χ0) is 11.4. The summed E-state index contributed by atoms with van der Waals surface area (Å²) in [5.74, 6) is 0. The van der Waals surface area contributed by atoms with Crippen molar-refractivity contribution in [2.75, 3.05) is 6.54 Å². The fraction of sp³-hybridized carbons (Fsp3) is 0.286. The molecule has 0 bridgehead atoms. The Balaban J connectivity index is 2.40. The fourth-order valence-corrected chi connectivity index (χ4v) is 2.00. The molecule has 0 saturated heterocycles. The summed E-state index contributed by atoms with van der Waals surface area (Å²) in [5.41, 5.74) is 2.65. The SMILES string of the molecule is C=CCn1ccc2c(CNCC)cccc21. The zero-order valence-corrected chi connectivity index (χ0v) is 9.74. The summed E-state index contributed by atoms with van der Waals surface area (Å²) in [5, 5.41) is 4.71. The first-order valence-corrected chi connectivity index (χ1v) is 5.75. The first-order valence-electron chi connectivity index (χ1n) is 5.75. The number of nitrogens with zero attached hydrogens (tertiary/aromatic N) is 1. The predicted octanol–water partition coefficient (Wildman–Crippen LogP) is 2.94. The molecule has 0 radical (unpaired) electrons. The van der Waals surface area contributed by atoms with Crippen molar-refractivity contribution < 1.29 is 0 Å². The predicted molar refractivity (Wildman–Crippen MR) is 69.5 cm³/mol. The van der Waals surface area contributed by atoms with Crippen molar-refractivity contribution in [2.45, 2.75) is 20.0 Å². The van der Waals surface area contributed by atoms with Gasteiger partial charge in [0.2, 0.25) is 0 Å². The number of hydrogen-bond donors (Lipinski definition) is 1. The molecule has 0 fully saturated rings. The van der Waals surface area contributed by atoms with Crippen molar-refractivity contribution in [3.05, 3.63) is 48.7 Å². The Labute approximate surface area is 96.6 Å². The Kier molecular flexibility index (Phi) is 3.42. The van der Waals surface area contributed by atoms with Crippen LogP contribution >= 0.6 is 0 Å². The molecule has 0 amide bonds. The van der Waals surface area contributed by atoms with Crippen molar-refractivity contribution >= 4 is 10.9 Å². The summed E-state index contributed by atoms with van der Waals surface area (Å²) in [6, 6.07) is 8.65. The molecule has 16 heavy (non-hydrogen) atoms. The van der Waals surface area contributed by atoms with Crippen LogP contribution in [0.15, 0.2) is 43.1 Å². The van der Waals surface area contributed by atoms with Gasteiger partial charge < -0.3 is 9.88 Å². The summed E-state index contributed by atoms with van der Waals surface area (Å²) in [7, 11) is 0. The van der Waals surface area contributed by atoms with E-state index in [1.807, 2.05) is 6.08 Å². The van der Waals surface area contributed by atoms with Crippen LogP contribution in [-0.2, 0) is 13.1 Å². The maximum Gasteiger partial charge on any atom is 0.0486 e. The molecule has 2 rings (SSSR count). The first-order chi connectivity index (χ1) is 7.86. The van der Waals surface area contributed by atoms with Gasteiger partial charge in [0.15, 0.2) is 0 Å².